The summed E-state index contributed by atoms with van der Waals surface area (Å²) < 4.78 is 1.70. The molecule has 0 spiro atoms. The van der Waals surface area contributed by atoms with E-state index >= 15 is 0 Å². The van der Waals surface area contributed by atoms with Crippen LogP contribution in [0.25, 0.3) is 16.8 Å². The summed E-state index contributed by atoms with van der Waals surface area (Å²) in [5.74, 6) is 0.485. The van der Waals surface area contributed by atoms with Gasteiger partial charge in [0.15, 0.2) is 5.65 Å². The number of rotatable bonds is 1. The number of anilines is 1. The average molecular weight is 224 g/mol. The van der Waals surface area contributed by atoms with Gasteiger partial charge in [0.1, 0.15) is 5.82 Å². The summed E-state index contributed by atoms with van der Waals surface area (Å²) >= 11 is 0. The van der Waals surface area contributed by atoms with Gasteiger partial charge in [0.05, 0.1) is 0 Å². The molecule has 0 saturated carbocycles. The maximum absolute atomic E-state index is 5.63. The molecule has 17 heavy (non-hydrogen) atoms. The van der Waals surface area contributed by atoms with Gasteiger partial charge in [0.25, 0.3) is 0 Å². The van der Waals surface area contributed by atoms with Gasteiger partial charge in [-0.05, 0) is 12.5 Å². The highest BCUT2D eigenvalue weighted by Gasteiger charge is 2.02. The zero-order chi connectivity index (χ0) is 11.8. The van der Waals surface area contributed by atoms with Crippen LogP contribution in [-0.2, 0) is 0 Å². The Hall–Kier alpha value is -2.36. The second-order valence-corrected chi connectivity index (χ2v) is 4.08. The van der Waals surface area contributed by atoms with Crippen molar-refractivity contribution < 1.29 is 0 Å². The first kappa shape index (κ1) is 9.84. The largest absolute Gasteiger partial charge is 0.382 e. The van der Waals surface area contributed by atoms with Crippen LogP contribution in [0.15, 0.2) is 42.7 Å². The van der Waals surface area contributed by atoms with Gasteiger partial charge in [-0.2, -0.15) is 0 Å². The van der Waals surface area contributed by atoms with Crippen molar-refractivity contribution in [3.05, 3.63) is 48.3 Å². The predicted molar refractivity (Wildman–Crippen MR) is 67.6 cm³/mol. The standard InChI is InChI=1S/C13H12N4/c1-9-2-4-10(5-3-9)11-7-15-13-6-12(14)16-17(13)8-11/h2-8H,1H3,(H2,14,16). The fourth-order valence-corrected chi connectivity index (χ4v) is 1.79. The van der Waals surface area contributed by atoms with E-state index in [1.54, 1.807) is 10.6 Å². The first-order valence-corrected chi connectivity index (χ1v) is 5.40. The quantitative estimate of drug-likeness (QED) is 0.690. The second-order valence-electron chi connectivity index (χ2n) is 4.08. The molecule has 0 aliphatic carbocycles. The van der Waals surface area contributed by atoms with Crippen LogP contribution in [0, 0.1) is 6.92 Å². The number of hydrogen-bond donors (Lipinski definition) is 1. The van der Waals surface area contributed by atoms with Crippen molar-refractivity contribution in [2.45, 2.75) is 6.92 Å². The molecule has 0 amide bonds. The molecule has 3 rings (SSSR count). The highest BCUT2D eigenvalue weighted by atomic mass is 15.3. The molecule has 0 unspecified atom stereocenters. The Morgan fingerprint density at radius 3 is 2.65 bits per heavy atom. The molecule has 84 valence electrons. The molecule has 3 aromatic rings. The Kier molecular flexibility index (Phi) is 2.08. The summed E-state index contributed by atoms with van der Waals surface area (Å²) in [6.07, 6.45) is 3.77. The second kappa shape index (κ2) is 3.59. The summed E-state index contributed by atoms with van der Waals surface area (Å²) in [7, 11) is 0. The normalized spacial score (nSPS) is 10.9. The maximum Gasteiger partial charge on any atom is 0.157 e. The van der Waals surface area contributed by atoms with Crippen molar-refractivity contribution in [1.29, 1.82) is 0 Å². The number of nitrogens with two attached hydrogens (primary N) is 1. The number of nitrogen functional groups attached to an aromatic ring is 1. The molecule has 2 N–H and O–H groups in total. The monoisotopic (exact) mass is 224 g/mol. The van der Waals surface area contributed by atoms with Crippen molar-refractivity contribution in [3.8, 4) is 11.1 Å². The molecule has 2 aromatic heterocycles. The van der Waals surface area contributed by atoms with Crippen LogP contribution in [0.3, 0.4) is 0 Å². The van der Waals surface area contributed by atoms with Crippen molar-refractivity contribution in [2.24, 2.45) is 0 Å². The van der Waals surface area contributed by atoms with Crippen LogP contribution >= 0.6 is 0 Å². The van der Waals surface area contributed by atoms with E-state index in [1.165, 1.54) is 5.56 Å². The third-order valence-corrected chi connectivity index (χ3v) is 2.72. The molecule has 0 bridgehead atoms. The van der Waals surface area contributed by atoms with Crippen LogP contribution in [0.5, 0.6) is 0 Å². The number of hydrogen-bond acceptors (Lipinski definition) is 3. The van der Waals surface area contributed by atoms with Crippen molar-refractivity contribution in [1.82, 2.24) is 14.6 Å². The lowest BCUT2D eigenvalue weighted by molar-refractivity contribution is 0.947. The van der Waals surface area contributed by atoms with E-state index in [4.69, 9.17) is 5.73 Å². The highest BCUT2D eigenvalue weighted by Crippen LogP contribution is 2.19. The predicted octanol–water partition coefficient (Wildman–Crippen LogP) is 2.29. The molecular weight excluding hydrogens is 212 g/mol. The van der Waals surface area contributed by atoms with E-state index in [1.807, 2.05) is 12.4 Å². The third kappa shape index (κ3) is 1.73. The number of nitrogens with zero attached hydrogens (tertiary/aromatic N) is 3. The van der Waals surface area contributed by atoms with Crippen LogP contribution in [0.1, 0.15) is 5.56 Å². The van der Waals surface area contributed by atoms with E-state index in [9.17, 15) is 0 Å². The molecule has 0 atom stereocenters. The Bertz CT molecular complexity index is 667. The molecule has 0 fully saturated rings. The van der Waals surface area contributed by atoms with E-state index in [2.05, 4.69) is 41.3 Å². The molecule has 1 aromatic carbocycles. The summed E-state index contributed by atoms with van der Waals surface area (Å²) in [6.45, 7) is 2.07. The molecular formula is C13H12N4. The molecule has 0 aliphatic rings. The average Bonchev–Trinajstić information content (AvgIpc) is 2.69. The molecule has 4 heteroatoms. The van der Waals surface area contributed by atoms with Gasteiger partial charge >= 0.3 is 0 Å². The maximum atomic E-state index is 5.63. The molecule has 0 radical (unpaired) electrons. The van der Waals surface area contributed by atoms with E-state index in [-0.39, 0.29) is 0 Å². The summed E-state index contributed by atoms with van der Waals surface area (Å²) in [5, 5.41) is 4.15. The van der Waals surface area contributed by atoms with E-state index < -0.39 is 0 Å². The number of aryl methyl sites for hydroxylation is 1. The third-order valence-electron chi connectivity index (χ3n) is 2.72. The van der Waals surface area contributed by atoms with Crippen molar-refractivity contribution in [2.75, 3.05) is 5.73 Å². The SMILES string of the molecule is Cc1ccc(-c2cnc3cc(N)nn3c2)cc1. The van der Waals surface area contributed by atoms with Crippen LogP contribution in [-0.4, -0.2) is 14.6 Å². The molecule has 0 aliphatic heterocycles. The van der Waals surface area contributed by atoms with Crippen molar-refractivity contribution >= 4 is 11.5 Å². The first-order chi connectivity index (χ1) is 8.22. The molecule has 2 heterocycles. The summed E-state index contributed by atoms with van der Waals surface area (Å²) in [4.78, 5) is 4.32. The number of aromatic nitrogens is 3. The minimum Gasteiger partial charge on any atom is -0.382 e. The van der Waals surface area contributed by atoms with Gasteiger partial charge in [-0.1, -0.05) is 29.8 Å². The van der Waals surface area contributed by atoms with Gasteiger partial charge in [0.2, 0.25) is 0 Å². The zero-order valence-electron chi connectivity index (χ0n) is 9.46. The smallest absolute Gasteiger partial charge is 0.157 e. The highest BCUT2D eigenvalue weighted by molar-refractivity contribution is 5.63. The van der Waals surface area contributed by atoms with Gasteiger partial charge in [-0.25, -0.2) is 9.50 Å². The fourth-order valence-electron chi connectivity index (χ4n) is 1.79. The topological polar surface area (TPSA) is 56.2 Å². The molecule has 4 nitrogen and oxygen atoms in total. The lowest BCUT2D eigenvalue weighted by Crippen LogP contribution is -1.92. The van der Waals surface area contributed by atoms with Crippen LogP contribution in [0.4, 0.5) is 5.82 Å². The Balaban J connectivity index is 2.13. The minimum atomic E-state index is 0.485. The number of fused-ring (bicyclic) bond motifs is 1. The summed E-state index contributed by atoms with van der Waals surface area (Å²) in [6, 6.07) is 10.1. The van der Waals surface area contributed by atoms with E-state index in [0.29, 0.717) is 5.82 Å². The fraction of sp³-hybridized carbons (Fsp3) is 0.0769. The number of benzene rings is 1. The van der Waals surface area contributed by atoms with Crippen LogP contribution < -0.4 is 5.73 Å². The van der Waals surface area contributed by atoms with Gasteiger partial charge in [-0.3, -0.25) is 0 Å². The Labute approximate surface area is 98.7 Å². The molecule has 0 saturated heterocycles. The van der Waals surface area contributed by atoms with Crippen molar-refractivity contribution in [3.63, 3.8) is 0 Å². The summed E-state index contributed by atoms with van der Waals surface area (Å²) in [5.41, 5.74) is 9.78. The van der Waals surface area contributed by atoms with Crippen LogP contribution in [0.2, 0.25) is 0 Å². The zero-order valence-corrected chi connectivity index (χ0v) is 9.46. The van der Waals surface area contributed by atoms with Gasteiger partial charge < -0.3 is 5.73 Å². The first-order valence-electron chi connectivity index (χ1n) is 5.40. The Morgan fingerprint density at radius 2 is 1.88 bits per heavy atom. The Morgan fingerprint density at radius 1 is 1.12 bits per heavy atom. The van der Waals surface area contributed by atoms with Gasteiger partial charge in [-0.15, -0.1) is 5.10 Å². The lowest BCUT2D eigenvalue weighted by Gasteiger charge is -2.02. The van der Waals surface area contributed by atoms with Gasteiger partial charge in [0, 0.05) is 24.0 Å². The lowest BCUT2D eigenvalue weighted by atomic mass is 10.1. The van der Waals surface area contributed by atoms with E-state index in [0.717, 1.165) is 16.8 Å². The minimum absolute atomic E-state index is 0.485.